The van der Waals surface area contributed by atoms with Crippen LogP contribution in [0.4, 0.5) is 11.6 Å². The van der Waals surface area contributed by atoms with Crippen LogP contribution in [-0.2, 0) is 5.75 Å². The molecule has 8 heteroatoms. The number of ether oxygens (including phenoxy) is 2. The van der Waals surface area contributed by atoms with Gasteiger partial charge in [0.1, 0.15) is 24.8 Å². The molecule has 0 aliphatic carbocycles. The molecule has 2 aromatic rings. The standard InChI is InChI=1S/C13H13ClN4O2S/c14-8-3-7(4-9-12(8)20-2-1-19-9)6-21-13-17-10(15)5-11(16)18-13/h3-5H,1-2,6H2,(H4,15,16,17,18). The molecule has 4 N–H and O–H groups in total. The van der Waals surface area contributed by atoms with E-state index in [1.807, 2.05) is 12.1 Å². The van der Waals surface area contributed by atoms with Crippen molar-refractivity contribution < 1.29 is 9.47 Å². The Balaban J connectivity index is 1.77. The van der Waals surface area contributed by atoms with Crippen molar-refractivity contribution in [2.24, 2.45) is 0 Å². The number of benzene rings is 1. The van der Waals surface area contributed by atoms with Crippen molar-refractivity contribution in [3.05, 3.63) is 28.8 Å². The van der Waals surface area contributed by atoms with Crippen molar-refractivity contribution in [1.29, 1.82) is 0 Å². The summed E-state index contributed by atoms with van der Waals surface area (Å²) in [4.78, 5) is 8.24. The zero-order chi connectivity index (χ0) is 14.8. The first-order valence-electron chi connectivity index (χ1n) is 6.22. The summed E-state index contributed by atoms with van der Waals surface area (Å²) in [6.07, 6.45) is 0. The van der Waals surface area contributed by atoms with Crippen LogP contribution in [0.3, 0.4) is 0 Å². The molecule has 1 aliphatic rings. The molecule has 0 atom stereocenters. The molecule has 0 saturated carbocycles. The second kappa shape index (κ2) is 5.87. The molecule has 21 heavy (non-hydrogen) atoms. The number of thioether (sulfide) groups is 1. The first kappa shape index (κ1) is 14.1. The second-order valence-electron chi connectivity index (χ2n) is 4.39. The van der Waals surface area contributed by atoms with Crippen LogP contribution in [-0.4, -0.2) is 23.2 Å². The van der Waals surface area contributed by atoms with Gasteiger partial charge in [-0.1, -0.05) is 23.4 Å². The van der Waals surface area contributed by atoms with E-state index in [2.05, 4.69) is 9.97 Å². The van der Waals surface area contributed by atoms with Crippen molar-refractivity contribution in [2.45, 2.75) is 10.9 Å². The van der Waals surface area contributed by atoms with Gasteiger partial charge in [-0.05, 0) is 17.7 Å². The van der Waals surface area contributed by atoms with E-state index in [1.165, 1.54) is 17.8 Å². The number of nitrogens with zero attached hydrogens (tertiary/aromatic N) is 2. The number of hydrogen-bond donors (Lipinski definition) is 2. The molecule has 0 bridgehead atoms. The van der Waals surface area contributed by atoms with E-state index in [0.29, 0.717) is 52.3 Å². The fourth-order valence-electron chi connectivity index (χ4n) is 1.92. The van der Waals surface area contributed by atoms with Gasteiger partial charge in [0.2, 0.25) is 0 Å². The number of aromatic nitrogens is 2. The number of rotatable bonds is 3. The molecule has 0 saturated heterocycles. The van der Waals surface area contributed by atoms with Crippen molar-refractivity contribution >= 4 is 35.0 Å². The molecule has 0 radical (unpaired) electrons. The highest BCUT2D eigenvalue weighted by molar-refractivity contribution is 7.98. The third-order valence-electron chi connectivity index (χ3n) is 2.77. The first-order chi connectivity index (χ1) is 10.1. The monoisotopic (exact) mass is 324 g/mol. The Morgan fingerprint density at radius 2 is 1.81 bits per heavy atom. The van der Waals surface area contributed by atoms with Crippen molar-refractivity contribution in [3.8, 4) is 11.5 Å². The van der Waals surface area contributed by atoms with Crippen LogP contribution in [0.1, 0.15) is 5.56 Å². The quantitative estimate of drug-likeness (QED) is 0.660. The minimum absolute atomic E-state index is 0.352. The molecule has 1 aliphatic heterocycles. The smallest absolute Gasteiger partial charge is 0.191 e. The van der Waals surface area contributed by atoms with Gasteiger partial charge in [-0.15, -0.1) is 0 Å². The predicted octanol–water partition coefficient (Wildman–Crippen LogP) is 2.36. The van der Waals surface area contributed by atoms with Gasteiger partial charge in [0.15, 0.2) is 16.7 Å². The lowest BCUT2D eigenvalue weighted by molar-refractivity contribution is 0.171. The highest BCUT2D eigenvalue weighted by atomic mass is 35.5. The van der Waals surface area contributed by atoms with E-state index in [1.54, 1.807) is 0 Å². The minimum Gasteiger partial charge on any atom is -0.486 e. The number of hydrogen-bond acceptors (Lipinski definition) is 7. The summed E-state index contributed by atoms with van der Waals surface area (Å²) in [5, 5.41) is 1.06. The fraction of sp³-hybridized carbons (Fsp3) is 0.231. The highest BCUT2D eigenvalue weighted by Crippen LogP contribution is 2.39. The van der Waals surface area contributed by atoms with E-state index in [4.69, 9.17) is 32.5 Å². The van der Waals surface area contributed by atoms with Crippen LogP contribution in [0, 0.1) is 0 Å². The van der Waals surface area contributed by atoms with Gasteiger partial charge in [-0.2, -0.15) is 0 Å². The maximum Gasteiger partial charge on any atom is 0.191 e. The average molecular weight is 325 g/mol. The zero-order valence-electron chi connectivity index (χ0n) is 11.0. The lowest BCUT2D eigenvalue weighted by Gasteiger charge is -2.20. The molecule has 0 spiro atoms. The van der Waals surface area contributed by atoms with Gasteiger partial charge in [0.25, 0.3) is 0 Å². The van der Waals surface area contributed by atoms with Gasteiger partial charge in [-0.25, -0.2) is 9.97 Å². The van der Waals surface area contributed by atoms with Gasteiger partial charge in [0.05, 0.1) is 5.02 Å². The average Bonchev–Trinajstić information content (AvgIpc) is 2.44. The second-order valence-corrected chi connectivity index (χ2v) is 5.74. The highest BCUT2D eigenvalue weighted by Gasteiger charge is 2.16. The molecule has 3 rings (SSSR count). The Morgan fingerprint density at radius 1 is 1.10 bits per heavy atom. The lowest BCUT2D eigenvalue weighted by Crippen LogP contribution is -2.15. The topological polar surface area (TPSA) is 96.3 Å². The van der Waals surface area contributed by atoms with Crippen molar-refractivity contribution in [2.75, 3.05) is 24.7 Å². The summed E-state index contributed by atoms with van der Waals surface area (Å²) in [7, 11) is 0. The summed E-state index contributed by atoms with van der Waals surface area (Å²) >= 11 is 7.62. The number of anilines is 2. The zero-order valence-corrected chi connectivity index (χ0v) is 12.6. The van der Waals surface area contributed by atoms with Crippen LogP contribution in [0.25, 0.3) is 0 Å². The van der Waals surface area contributed by atoms with E-state index < -0.39 is 0 Å². The van der Waals surface area contributed by atoms with E-state index in [9.17, 15) is 0 Å². The molecule has 2 heterocycles. The molecule has 6 nitrogen and oxygen atoms in total. The molecule has 0 fully saturated rings. The normalized spacial score (nSPS) is 13.2. The summed E-state index contributed by atoms with van der Waals surface area (Å²) in [6, 6.07) is 5.27. The maximum atomic E-state index is 6.19. The molecule has 1 aromatic heterocycles. The molecular formula is C13H13ClN4O2S. The number of fused-ring (bicyclic) bond motifs is 1. The number of nitrogens with two attached hydrogens (primary N) is 2. The maximum absolute atomic E-state index is 6.19. The van der Waals surface area contributed by atoms with Crippen LogP contribution < -0.4 is 20.9 Å². The Labute approximate surface area is 130 Å². The summed E-state index contributed by atoms with van der Waals surface area (Å²) < 4.78 is 11.0. The third-order valence-corrected chi connectivity index (χ3v) is 3.97. The first-order valence-corrected chi connectivity index (χ1v) is 7.59. The van der Waals surface area contributed by atoms with Gasteiger partial charge in [0, 0.05) is 11.8 Å². The van der Waals surface area contributed by atoms with Gasteiger partial charge < -0.3 is 20.9 Å². The molecular weight excluding hydrogens is 312 g/mol. The molecule has 1 aromatic carbocycles. The van der Waals surface area contributed by atoms with E-state index in [-0.39, 0.29) is 0 Å². The van der Waals surface area contributed by atoms with Crippen LogP contribution in [0.2, 0.25) is 5.02 Å². The molecule has 0 unspecified atom stereocenters. The van der Waals surface area contributed by atoms with E-state index in [0.717, 1.165) is 5.56 Å². The Hall–Kier alpha value is -1.86. The molecule has 110 valence electrons. The third kappa shape index (κ3) is 3.25. The van der Waals surface area contributed by atoms with Crippen LogP contribution in [0.5, 0.6) is 11.5 Å². The molecule has 0 amide bonds. The van der Waals surface area contributed by atoms with Gasteiger partial charge >= 0.3 is 0 Å². The summed E-state index contributed by atoms with van der Waals surface area (Å²) in [5.41, 5.74) is 12.3. The summed E-state index contributed by atoms with van der Waals surface area (Å²) in [5.74, 6) is 2.59. The number of halogens is 1. The SMILES string of the molecule is Nc1cc(N)nc(SCc2cc(Cl)c3c(c2)OCCO3)n1. The van der Waals surface area contributed by atoms with Gasteiger partial charge in [-0.3, -0.25) is 0 Å². The van der Waals surface area contributed by atoms with Crippen molar-refractivity contribution in [3.63, 3.8) is 0 Å². The number of nitrogen functional groups attached to an aromatic ring is 2. The Bertz CT molecular complexity index is 663. The lowest BCUT2D eigenvalue weighted by atomic mass is 10.2. The van der Waals surface area contributed by atoms with Crippen molar-refractivity contribution in [1.82, 2.24) is 9.97 Å². The Morgan fingerprint density at radius 3 is 2.57 bits per heavy atom. The fourth-order valence-corrected chi connectivity index (χ4v) is 3.01. The summed E-state index contributed by atoms with van der Waals surface area (Å²) in [6.45, 7) is 1.03. The van der Waals surface area contributed by atoms with E-state index >= 15 is 0 Å². The minimum atomic E-state index is 0.352. The predicted molar refractivity (Wildman–Crippen MR) is 82.9 cm³/mol. The Kier molecular flexibility index (Phi) is 3.94. The largest absolute Gasteiger partial charge is 0.486 e. The van der Waals surface area contributed by atoms with Crippen LogP contribution in [0.15, 0.2) is 23.4 Å². The van der Waals surface area contributed by atoms with Crippen LogP contribution >= 0.6 is 23.4 Å².